The largest absolute Gasteiger partial charge is 0.208 e. The Kier molecular flexibility index (Phi) is 6.64. The number of benzene rings is 6. The van der Waals surface area contributed by atoms with E-state index in [9.17, 15) is 0 Å². The Balaban J connectivity index is 1.14. The van der Waals surface area contributed by atoms with Crippen molar-refractivity contribution in [1.29, 1.82) is 0 Å². The fraction of sp³-hybridized carbons (Fsp3) is 0.260. The molecular formula is C50H43N3. The van der Waals surface area contributed by atoms with Crippen molar-refractivity contribution < 1.29 is 0 Å². The standard InChI is InChI=1S/C50H43N3/c1-30-26-31-24-25-50(35(27-30)28-31)41-22-21-34(29-39(41)44-36-15-8-7-12-32(36)20-23-43(44)50)47-51-46(33-13-5-4-6-14-33)52-48(53-47)38-17-11-19-42-45(38)37-16-9-10-18-40(37)49(42,2)3/h4-23,29-31,35H,24-28H2,1-3H3. The van der Waals surface area contributed by atoms with Gasteiger partial charge in [0.25, 0.3) is 0 Å². The molecule has 2 saturated carbocycles. The number of nitrogens with zero attached hydrogens (tertiary/aromatic N) is 3. The minimum absolute atomic E-state index is 0.0582. The second-order valence-electron chi connectivity index (χ2n) is 16.9. The molecule has 4 atom stereocenters. The summed E-state index contributed by atoms with van der Waals surface area (Å²) in [5.74, 6) is 4.44. The zero-order valence-electron chi connectivity index (χ0n) is 30.7. The molecule has 0 amide bonds. The van der Waals surface area contributed by atoms with Gasteiger partial charge >= 0.3 is 0 Å². The van der Waals surface area contributed by atoms with Gasteiger partial charge in [0, 0.05) is 27.5 Å². The highest BCUT2D eigenvalue weighted by Crippen LogP contribution is 2.63. The molecular weight excluding hydrogens is 643 g/mol. The van der Waals surface area contributed by atoms with Gasteiger partial charge in [-0.3, -0.25) is 0 Å². The Hall–Kier alpha value is -5.41. The van der Waals surface area contributed by atoms with E-state index in [0.29, 0.717) is 11.7 Å². The summed E-state index contributed by atoms with van der Waals surface area (Å²) in [5, 5.41) is 2.66. The summed E-state index contributed by atoms with van der Waals surface area (Å²) < 4.78 is 0. The summed E-state index contributed by atoms with van der Waals surface area (Å²) in [6.45, 7) is 7.15. The van der Waals surface area contributed by atoms with Gasteiger partial charge in [0.2, 0.25) is 0 Å². The lowest BCUT2D eigenvalue weighted by molar-refractivity contribution is 0.0856. The van der Waals surface area contributed by atoms with E-state index in [4.69, 9.17) is 15.0 Å². The van der Waals surface area contributed by atoms with Crippen LogP contribution in [0.2, 0.25) is 0 Å². The van der Waals surface area contributed by atoms with Gasteiger partial charge in [0.1, 0.15) is 0 Å². The molecule has 7 aromatic rings. The van der Waals surface area contributed by atoms with E-state index >= 15 is 0 Å². The molecule has 4 unspecified atom stereocenters. The molecule has 4 aliphatic carbocycles. The number of aromatic nitrogens is 3. The summed E-state index contributed by atoms with van der Waals surface area (Å²) in [6, 6.07) is 46.9. The van der Waals surface area contributed by atoms with Crippen molar-refractivity contribution in [2.75, 3.05) is 0 Å². The third kappa shape index (κ3) is 4.43. The average molecular weight is 686 g/mol. The molecule has 1 spiro atoms. The summed E-state index contributed by atoms with van der Waals surface area (Å²) >= 11 is 0. The van der Waals surface area contributed by atoms with Crippen LogP contribution in [-0.4, -0.2) is 15.0 Å². The Labute approximate surface area is 312 Å². The monoisotopic (exact) mass is 685 g/mol. The van der Waals surface area contributed by atoms with Crippen LogP contribution in [0.1, 0.15) is 75.1 Å². The molecule has 2 bridgehead atoms. The van der Waals surface area contributed by atoms with E-state index in [1.165, 1.54) is 81.8 Å². The van der Waals surface area contributed by atoms with Crippen molar-refractivity contribution in [3.8, 4) is 56.4 Å². The van der Waals surface area contributed by atoms with E-state index in [-0.39, 0.29) is 10.8 Å². The summed E-state index contributed by atoms with van der Waals surface area (Å²) in [4.78, 5) is 15.9. The third-order valence-corrected chi connectivity index (χ3v) is 13.6. The molecule has 4 aliphatic rings. The fourth-order valence-corrected chi connectivity index (χ4v) is 11.4. The van der Waals surface area contributed by atoms with Crippen LogP contribution in [0.3, 0.4) is 0 Å². The van der Waals surface area contributed by atoms with Gasteiger partial charge in [0.15, 0.2) is 17.5 Å². The van der Waals surface area contributed by atoms with E-state index in [1.54, 1.807) is 5.56 Å². The maximum atomic E-state index is 5.38. The second-order valence-corrected chi connectivity index (χ2v) is 16.9. The van der Waals surface area contributed by atoms with Crippen molar-refractivity contribution in [2.45, 2.75) is 63.7 Å². The summed E-state index contributed by atoms with van der Waals surface area (Å²) in [6.07, 6.45) is 6.59. The molecule has 53 heavy (non-hydrogen) atoms. The quantitative estimate of drug-likeness (QED) is 0.186. The Bertz CT molecular complexity index is 2620. The van der Waals surface area contributed by atoms with Gasteiger partial charge in [-0.25, -0.2) is 15.0 Å². The summed E-state index contributed by atoms with van der Waals surface area (Å²) in [5.41, 5.74) is 14.1. The molecule has 11 rings (SSSR count). The van der Waals surface area contributed by atoms with Crippen LogP contribution in [0.5, 0.6) is 0 Å². The van der Waals surface area contributed by atoms with Gasteiger partial charge in [-0.15, -0.1) is 0 Å². The highest BCUT2D eigenvalue weighted by Gasteiger charge is 2.53. The predicted molar refractivity (Wildman–Crippen MR) is 217 cm³/mol. The van der Waals surface area contributed by atoms with Gasteiger partial charge in [-0.05, 0) is 111 Å². The zero-order valence-corrected chi connectivity index (χ0v) is 30.7. The van der Waals surface area contributed by atoms with Crippen molar-refractivity contribution in [3.63, 3.8) is 0 Å². The normalized spacial score (nSPS) is 23.0. The van der Waals surface area contributed by atoms with Gasteiger partial charge in [0.05, 0.1) is 0 Å². The van der Waals surface area contributed by atoms with Crippen LogP contribution < -0.4 is 0 Å². The smallest absolute Gasteiger partial charge is 0.164 e. The second kappa shape index (κ2) is 11.3. The highest BCUT2D eigenvalue weighted by atomic mass is 15.0. The third-order valence-electron chi connectivity index (χ3n) is 13.6. The molecule has 2 fully saturated rings. The molecule has 3 heteroatoms. The minimum Gasteiger partial charge on any atom is -0.208 e. The maximum absolute atomic E-state index is 5.38. The molecule has 0 aliphatic heterocycles. The molecule has 0 saturated heterocycles. The molecule has 0 radical (unpaired) electrons. The Morgan fingerprint density at radius 2 is 1.25 bits per heavy atom. The van der Waals surface area contributed by atoms with Gasteiger partial charge in [-0.1, -0.05) is 142 Å². The number of rotatable bonds is 3. The van der Waals surface area contributed by atoms with Crippen molar-refractivity contribution in [1.82, 2.24) is 15.0 Å². The first-order valence-electron chi connectivity index (χ1n) is 19.6. The van der Waals surface area contributed by atoms with E-state index in [1.807, 2.05) is 6.07 Å². The average Bonchev–Trinajstić information content (AvgIpc) is 3.62. The van der Waals surface area contributed by atoms with Crippen LogP contribution >= 0.6 is 0 Å². The van der Waals surface area contributed by atoms with E-state index in [2.05, 4.69) is 142 Å². The van der Waals surface area contributed by atoms with Crippen LogP contribution in [0, 0.1) is 17.8 Å². The molecule has 3 nitrogen and oxygen atoms in total. The molecule has 1 aromatic heterocycles. The first kappa shape index (κ1) is 31.1. The van der Waals surface area contributed by atoms with Crippen molar-refractivity contribution in [3.05, 3.63) is 150 Å². The van der Waals surface area contributed by atoms with Crippen molar-refractivity contribution >= 4 is 10.8 Å². The number of hydrogen-bond donors (Lipinski definition) is 0. The molecule has 258 valence electrons. The topological polar surface area (TPSA) is 38.7 Å². The number of fused-ring (bicyclic) bond motifs is 13. The molecule has 6 aromatic carbocycles. The Morgan fingerprint density at radius 3 is 2.13 bits per heavy atom. The maximum Gasteiger partial charge on any atom is 0.164 e. The lowest BCUT2D eigenvalue weighted by Gasteiger charge is -2.50. The predicted octanol–water partition coefficient (Wildman–Crippen LogP) is 12.4. The van der Waals surface area contributed by atoms with E-state index in [0.717, 1.165) is 40.2 Å². The fourth-order valence-electron chi connectivity index (χ4n) is 11.4. The number of hydrogen-bond acceptors (Lipinski definition) is 3. The lowest BCUT2D eigenvalue weighted by atomic mass is 9.53. The first-order chi connectivity index (χ1) is 25.9. The molecule has 1 heterocycles. The van der Waals surface area contributed by atoms with Crippen LogP contribution in [0.25, 0.3) is 67.2 Å². The van der Waals surface area contributed by atoms with Crippen LogP contribution in [0.15, 0.2) is 127 Å². The lowest BCUT2D eigenvalue weighted by Crippen LogP contribution is -2.44. The Morgan fingerprint density at radius 1 is 0.528 bits per heavy atom. The van der Waals surface area contributed by atoms with Crippen LogP contribution in [0.4, 0.5) is 0 Å². The van der Waals surface area contributed by atoms with Gasteiger partial charge in [-0.2, -0.15) is 0 Å². The van der Waals surface area contributed by atoms with Crippen molar-refractivity contribution in [2.24, 2.45) is 17.8 Å². The minimum atomic E-state index is -0.110. The highest BCUT2D eigenvalue weighted by molar-refractivity contribution is 6.03. The van der Waals surface area contributed by atoms with Gasteiger partial charge < -0.3 is 0 Å². The molecule has 0 N–H and O–H groups in total. The van der Waals surface area contributed by atoms with Crippen LogP contribution in [-0.2, 0) is 10.8 Å². The zero-order chi connectivity index (χ0) is 35.5. The SMILES string of the molecule is CC1CC2CCC3(c4ccc(-c5nc(-c6ccccc6)nc(-c6cccc7c6-c6ccccc6C7(C)C)n5)cc4-c4c3ccc3ccccc43)C(C1)C2. The first-order valence-corrected chi connectivity index (χ1v) is 19.6. The van der Waals surface area contributed by atoms with E-state index < -0.39 is 0 Å². The summed E-state index contributed by atoms with van der Waals surface area (Å²) in [7, 11) is 0.